The molecule has 0 unspecified atom stereocenters. The summed E-state index contributed by atoms with van der Waals surface area (Å²) in [6, 6.07) is 0.146. The highest BCUT2D eigenvalue weighted by Crippen LogP contribution is 2.21. The highest BCUT2D eigenvalue weighted by atomic mass is 16.5. The van der Waals surface area contributed by atoms with Gasteiger partial charge in [0.2, 0.25) is 0 Å². The number of hydrogen-bond donors (Lipinski definition) is 0. The van der Waals surface area contributed by atoms with E-state index in [1.54, 1.807) is 7.11 Å². The highest BCUT2D eigenvalue weighted by Gasteiger charge is 2.32. The number of aliphatic imine (C=N–C) groups is 1. The Hall–Kier alpha value is -0.570. The molecule has 0 saturated carbocycles. The zero-order chi connectivity index (χ0) is 8.48. The Labute approximate surface area is 67.4 Å². The third-order valence-corrected chi connectivity index (χ3v) is 2.12. The van der Waals surface area contributed by atoms with Gasteiger partial charge in [0.15, 0.2) is 5.90 Å². The second-order valence-electron chi connectivity index (χ2n) is 3.28. The molecule has 1 atom stereocenters. The maximum Gasteiger partial charge on any atom is 0.180 e. The average molecular weight is 157 g/mol. The molecule has 0 bridgehead atoms. The Balaban J connectivity index is 2.62. The molecule has 0 aliphatic carbocycles. The van der Waals surface area contributed by atoms with Crippen LogP contribution in [0.3, 0.4) is 0 Å². The van der Waals surface area contributed by atoms with Crippen LogP contribution in [0.5, 0.6) is 0 Å². The molecular weight excluding hydrogens is 142 g/mol. The van der Waals surface area contributed by atoms with Gasteiger partial charge in [-0.1, -0.05) is 0 Å². The van der Waals surface area contributed by atoms with Gasteiger partial charge < -0.3 is 9.47 Å². The first-order valence-corrected chi connectivity index (χ1v) is 3.78. The van der Waals surface area contributed by atoms with Crippen LogP contribution < -0.4 is 0 Å². The van der Waals surface area contributed by atoms with Crippen molar-refractivity contribution in [2.24, 2.45) is 4.99 Å². The number of ether oxygens (including phenoxy) is 2. The van der Waals surface area contributed by atoms with Gasteiger partial charge in [-0.05, 0) is 13.8 Å². The minimum absolute atomic E-state index is 0.146. The Kier molecular flexibility index (Phi) is 2.18. The third-order valence-electron chi connectivity index (χ3n) is 2.12. The van der Waals surface area contributed by atoms with Crippen molar-refractivity contribution >= 4 is 5.90 Å². The smallest absolute Gasteiger partial charge is 0.180 e. The normalized spacial score (nSPS) is 24.7. The maximum absolute atomic E-state index is 5.28. The zero-order valence-electron chi connectivity index (χ0n) is 7.55. The van der Waals surface area contributed by atoms with Crippen molar-refractivity contribution in [3.8, 4) is 0 Å². The predicted octanol–water partition coefficient (Wildman–Crippen LogP) is 1.23. The minimum atomic E-state index is -0.211. The summed E-state index contributed by atoms with van der Waals surface area (Å²) in [6.45, 7) is 6.55. The van der Waals surface area contributed by atoms with Gasteiger partial charge in [0.1, 0.15) is 12.6 Å². The molecule has 11 heavy (non-hydrogen) atoms. The standard InChI is InChI=1S/C8H15NO2/c1-6-9-7(5-11-6)8(2,3)10-4/h7H,5H2,1-4H3/t7-/m0/s1. The predicted molar refractivity (Wildman–Crippen MR) is 43.9 cm³/mol. The maximum atomic E-state index is 5.28. The summed E-state index contributed by atoms with van der Waals surface area (Å²) in [5, 5.41) is 0. The SMILES string of the molecule is COC(C)(C)[C@@H]1COC(C)=N1. The third kappa shape index (κ3) is 1.71. The van der Waals surface area contributed by atoms with Crippen molar-refractivity contribution in [3.63, 3.8) is 0 Å². The van der Waals surface area contributed by atoms with Crippen LogP contribution in [-0.2, 0) is 9.47 Å². The van der Waals surface area contributed by atoms with E-state index in [1.165, 1.54) is 0 Å². The lowest BCUT2D eigenvalue weighted by Gasteiger charge is -2.26. The van der Waals surface area contributed by atoms with Gasteiger partial charge in [-0.3, -0.25) is 0 Å². The van der Waals surface area contributed by atoms with Crippen LogP contribution in [0.1, 0.15) is 20.8 Å². The van der Waals surface area contributed by atoms with Crippen LogP contribution in [0.25, 0.3) is 0 Å². The molecule has 0 aromatic heterocycles. The van der Waals surface area contributed by atoms with Crippen LogP contribution >= 0.6 is 0 Å². The first-order chi connectivity index (χ1) is 5.06. The molecule has 0 amide bonds. The average Bonchev–Trinajstić information content (AvgIpc) is 2.36. The second-order valence-corrected chi connectivity index (χ2v) is 3.28. The van der Waals surface area contributed by atoms with Gasteiger partial charge in [0, 0.05) is 14.0 Å². The van der Waals surface area contributed by atoms with E-state index in [-0.39, 0.29) is 11.6 Å². The molecule has 0 saturated heterocycles. The summed E-state index contributed by atoms with van der Waals surface area (Å²) < 4.78 is 10.5. The molecule has 64 valence electrons. The van der Waals surface area contributed by atoms with Gasteiger partial charge >= 0.3 is 0 Å². The van der Waals surface area contributed by atoms with Crippen LogP contribution in [0, 0.1) is 0 Å². The van der Waals surface area contributed by atoms with Crippen molar-refractivity contribution in [2.45, 2.75) is 32.4 Å². The molecule has 1 aliphatic heterocycles. The molecule has 3 heteroatoms. The van der Waals surface area contributed by atoms with Gasteiger partial charge in [0.05, 0.1) is 5.60 Å². The Morgan fingerprint density at radius 1 is 1.64 bits per heavy atom. The largest absolute Gasteiger partial charge is 0.479 e. The minimum Gasteiger partial charge on any atom is -0.479 e. The van der Waals surface area contributed by atoms with Gasteiger partial charge in [-0.25, -0.2) is 4.99 Å². The molecule has 0 spiro atoms. The number of hydrogen-bond acceptors (Lipinski definition) is 3. The second kappa shape index (κ2) is 2.81. The van der Waals surface area contributed by atoms with Crippen LogP contribution in [-0.4, -0.2) is 31.3 Å². The molecule has 0 radical (unpaired) electrons. The Morgan fingerprint density at radius 2 is 2.27 bits per heavy atom. The van der Waals surface area contributed by atoms with E-state index >= 15 is 0 Å². The van der Waals surface area contributed by atoms with E-state index in [9.17, 15) is 0 Å². The molecule has 3 nitrogen and oxygen atoms in total. The van der Waals surface area contributed by atoms with Gasteiger partial charge in [-0.15, -0.1) is 0 Å². The number of methoxy groups -OCH3 is 1. The van der Waals surface area contributed by atoms with Crippen molar-refractivity contribution in [3.05, 3.63) is 0 Å². The fourth-order valence-electron chi connectivity index (χ4n) is 0.986. The Bertz CT molecular complexity index is 175. The highest BCUT2D eigenvalue weighted by molar-refractivity contribution is 5.74. The van der Waals surface area contributed by atoms with E-state index < -0.39 is 0 Å². The summed E-state index contributed by atoms with van der Waals surface area (Å²) in [5.41, 5.74) is -0.211. The summed E-state index contributed by atoms with van der Waals surface area (Å²) >= 11 is 0. The summed E-state index contributed by atoms with van der Waals surface area (Å²) in [5.74, 6) is 0.764. The molecule has 0 N–H and O–H groups in total. The molecule has 0 aromatic rings. The summed E-state index contributed by atoms with van der Waals surface area (Å²) in [4.78, 5) is 4.30. The van der Waals surface area contributed by atoms with Crippen LogP contribution in [0.4, 0.5) is 0 Å². The first kappa shape index (κ1) is 8.53. The van der Waals surface area contributed by atoms with E-state index in [4.69, 9.17) is 9.47 Å². The van der Waals surface area contributed by atoms with E-state index in [0.717, 1.165) is 5.90 Å². The van der Waals surface area contributed by atoms with E-state index in [2.05, 4.69) is 4.99 Å². The van der Waals surface area contributed by atoms with Crippen molar-refractivity contribution in [1.29, 1.82) is 0 Å². The van der Waals surface area contributed by atoms with E-state index in [0.29, 0.717) is 6.61 Å². The monoisotopic (exact) mass is 157 g/mol. The molecule has 0 aromatic carbocycles. The lowest BCUT2D eigenvalue weighted by molar-refractivity contribution is -0.00434. The zero-order valence-corrected chi connectivity index (χ0v) is 7.55. The first-order valence-electron chi connectivity index (χ1n) is 3.78. The van der Waals surface area contributed by atoms with Crippen LogP contribution in [0.15, 0.2) is 4.99 Å². The fourth-order valence-corrected chi connectivity index (χ4v) is 0.986. The topological polar surface area (TPSA) is 30.8 Å². The summed E-state index contributed by atoms with van der Waals surface area (Å²) in [6.07, 6.45) is 0. The molecule has 1 aliphatic rings. The molecule has 0 fully saturated rings. The quantitative estimate of drug-likeness (QED) is 0.603. The van der Waals surface area contributed by atoms with Gasteiger partial charge in [-0.2, -0.15) is 0 Å². The number of rotatable bonds is 2. The van der Waals surface area contributed by atoms with Crippen LogP contribution in [0.2, 0.25) is 0 Å². The van der Waals surface area contributed by atoms with Crippen molar-refractivity contribution in [1.82, 2.24) is 0 Å². The lowest BCUT2D eigenvalue weighted by atomic mass is 10.0. The van der Waals surface area contributed by atoms with Gasteiger partial charge in [0.25, 0.3) is 0 Å². The van der Waals surface area contributed by atoms with E-state index in [1.807, 2.05) is 20.8 Å². The fraction of sp³-hybridized carbons (Fsp3) is 0.875. The summed E-state index contributed by atoms with van der Waals surface area (Å²) in [7, 11) is 1.70. The lowest BCUT2D eigenvalue weighted by Crippen LogP contribution is -2.37. The number of nitrogens with zero attached hydrogens (tertiary/aromatic N) is 1. The van der Waals surface area contributed by atoms with Crippen molar-refractivity contribution < 1.29 is 9.47 Å². The molecular formula is C8H15NO2. The molecule has 1 heterocycles. The molecule has 1 rings (SSSR count). The Morgan fingerprint density at radius 3 is 2.64 bits per heavy atom. The van der Waals surface area contributed by atoms with Crippen molar-refractivity contribution in [2.75, 3.05) is 13.7 Å².